The molecule has 0 saturated heterocycles. The molecule has 0 saturated carbocycles. The van der Waals surface area contributed by atoms with Crippen LogP contribution in [0.3, 0.4) is 0 Å². The van der Waals surface area contributed by atoms with Crippen molar-refractivity contribution in [3.05, 3.63) is 64.3 Å². The lowest BCUT2D eigenvalue weighted by atomic mass is 9.88. The number of amides is 1. The fourth-order valence-corrected chi connectivity index (χ4v) is 4.70. The van der Waals surface area contributed by atoms with Crippen LogP contribution in [0.5, 0.6) is 5.75 Å². The Labute approximate surface area is 210 Å². The van der Waals surface area contributed by atoms with E-state index in [1.807, 2.05) is 63.2 Å². The van der Waals surface area contributed by atoms with Crippen molar-refractivity contribution in [2.75, 3.05) is 26.4 Å². The number of ether oxygens (including phenoxy) is 2. The average molecular weight is 501 g/mol. The minimum Gasteiger partial charge on any atom is -0.493 e. The van der Waals surface area contributed by atoms with Gasteiger partial charge in [-0.1, -0.05) is 30.7 Å². The maximum Gasteiger partial charge on any atom is 0.410 e. The Morgan fingerprint density at radius 2 is 1.91 bits per heavy atom. The molecule has 0 bridgehead atoms. The maximum atomic E-state index is 13.0. The van der Waals surface area contributed by atoms with Crippen LogP contribution in [0.2, 0.25) is 5.02 Å². The van der Waals surface area contributed by atoms with Crippen molar-refractivity contribution < 1.29 is 24.5 Å². The Morgan fingerprint density at radius 1 is 1.20 bits per heavy atom. The third-order valence-electron chi connectivity index (χ3n) is 6.82. The van der Waals surface area contributed by atoms with E-state index in [4.69, 9.17) is 21.1 Å². The molecule has 0 fully saturated rings. The highest BCUT2D eigenvalue weighted by Crippen LogP contribution is 2.40. The maximum absolute atomic E-state index is 13.0. The molecule has 0 spiro atoms. The summed E-state index contributed by atoms with van der Waals surface area (Å²) in [6, 6.07) is 13.0. The molecule has 2 heterocycles. The van der Waals surface area contributed by atoms with Gasteiger partial charge >= 0.3 is 6.09 Å². The first-order valence-corrected chi connectivity index (χ1v) is 12.4. The zero-order chi connectivity index (χ0) is 25.2. The van der Waals surface area contributed by atoms with Gasteiger partial charge in [-0.25, -0.2) is 4.79 Å². The molecule has 188 valence electrons. The van der Waals surface area contributed by atoms with Crippen LogP contribution >= 0.6 is 11.6 Å². The lowest BCUT2D eigenvalue weighted by molar-refractivity contribution is 0.0114. The highest BCUT2D eigenvalue weighted by Gasteiger charge is 2.36. The summed E-state index contributed by atoms with van der Waals surface area (Å²) in [7, 11) is 0. The molecule has 35 heavy (non-hydrogen) atoms. The Balaban J connectivity index is 1.68. The second-order valence-corrected chi connectivity index (χ2v) is 9.95. The number of carbonyl (C=O) groups excluding carboxylic acids is 1. The molecule has 1 aliphatic heterocycles. The normalized spacial score (nSPS) is 16.0. The first kappa shape index (κ1) is 25.4. The van der Waals surface area contributed by atoms with Gasteiger partial charge in [-0.05, 0) is 68.1 Å². The number of fused-ring (bicyclic) bond motifs is 3. The Kier molecular flexibility index (Phi) is 7.59. The highest BCUT2D eigenvalue weighted by molar-refractivity contribution is 6.31. The molecule has 3 aromatic rings. The van der Waals surface area contributed by atoms with Gasteiger partial charge in [0, 0.05) is 28.2 Å². The number of aromatic amines is 1. The molecule has 0 aliphatic carbocycles. The predicted octanol–water partition coefficient (Wildman–Crippen LogP) is 5.07. The monoisotopic (exact) mass is 500 g/mol. The SMILES string of the molecule is CCC(CO)(CO)COc1ccc(C2c3[nH]c4ccc(Cl)cc4c3CCN2C(=O)OC(C)C)cc1. The number of aromatic nitrogens is 1. The van der Waals surface area contributed by atoms with Crippen molar-refractivity contribution in [2.45, 2.75) is 45.8 Å². The summed E-state index contributed by atoms with van der Waals surface area (Å²) in [4.78, 5) is 18.3. The zero-order valence-corrected chi connectivity index (χ0v) is 21.1. The number of aliphatic hydroxyl groups is 2. The Hall–Kier alpha value is -2.74. The number of rotatable bonds is 8. The van der Waals surface area contributed by atoms with Crippen LogP contribution in [0.25, 0.3) is 10.9 Å². The number of halogens is 1. The van der Waals surface area contributed by atoms with Gasteiger partial charge in [-0.3, -0.25) is 4.90 Å². The first-order valence-electron chi connectivity index (χ1n) is 12.0. The fourth-order valence-electron chi connectivity index (χ4n) is 4.52. The largest absolute Gasteiger partial charge is 0.493 e. The van der Waals surface area contributed by atoms with E-state index in [0.717, 1.165) is 27.7 Å². The van der Waals surface area contributed by atoms with Gasteiger partial charge in [0.05, 0.1) is 31.3 Å². The molecular weight excluding hydrogens is 468 g/mol. The van der Waals surface area contributed by atoms with Crippen LogP contribution in [0, 0.1) is 5.41 Å². The standard InChI is InChI=1S/C27H33ClN2O5/c1-4-27(14-31,15-32)16-34-20-8-5-18(6-9-20)25-24-21(11-12-30(25)26(33)35-17(2)3)22-13-19(28)7-10-23(22)29-24/h5-10,13,17,25,29,31-32H,4,11-12,14-16H2,1-3H3. The van der Waals surface area contributed by atoms with Gasteiger partial charge < -0.3 is 24.7 Å². The molecular formula is C27H33ClN2O5. The first-order chi connectivity index (χ1) is 16.8. The summed E-state index contributed by atoms with van der Waals surface area (Å²) >= 11 is 6.27. The van der Waals surface area contributed by atoms with Gasteiger partial charge in [0.1, 0.15) is 11.8 Å². The molecule has 8 heteroatoms. The van der Waals surface area contributed by atoms with E-state index in [1.54, 1.807) is 4.90 Å². The molecule has 1 unspecified atom stereocenters. The van der Waals surface area contributed by atoms with Crippen LogP contribution in [0.4, 0.5) is 4.79 Å². The van der Waals surface area contributed by atoms with Crippen molar-refractivity contribution >= 4 is 28.6 Å². The number of nitrogens with zero attached hydrogens (tertiary/aromatic N) is 1. The molecule has 7 nitrogen and oxygen atoms in total. The molecule has 4 rings (SSSR count). The van der Waals surface area contributed by atoms with E-state index < -0.39 is 5.41 Å². The summed E-state index contributed by atoms with van der Waals surface area (Å²) in [5.74, 6) is 0.629. The van der Waals surface area contributed by atoms with Gasteiger partial charge in [-0.2, -0.15) is 0 Å². The number of hydrogen-bond donors (Lipinski definition) is 3. The van der Waals surface area contributed by atoms with E-state index in [2.05, 4.69) is 4.98 Å². The summed E-state index contributed by atoms with van der Waals surface area (Å²) in [5, 5.41) is 21.1. The van der Waals surface area contributed by atoms with Crippen molar-refractivity contribution in [3.8, 4) is 5.75 Å². The smallest absolute Gasteiger partial charge is 0.410 e. The lowest BCUT2D eigenvalue weighted by Crippen LogP contribution is -2.41. The number of benzene rings is 2. The molecule has 2 aromatic carbocycles. The van der Waals surface area contributed by atoms with E-state index in [1.165, 1.54) is 0 Å². The third kappa shape index (κ3) is 5.13. The van der Waals surface area contributed by atoms with E-state index >= 15 is 0 Å². The third-order valence-corrected chi connectivity index (χ3v) is 7.06. The average Bonchev–Trinajstić information content (AvgIpc) is 3.22. The predicted molar refractivity (Wildman–Crippen MR) is 136 cm³/mol. The Bertz CT molecular complexity index is 1160. The molecule has 1 atom stereocenters. The number of aliphatic hydroxyl groups excluding tert-OH is 2. The zero-order valence-electron chi connectivity index (χ0n) is 20.4. The van der Waals surface area contributed by atoms with Crippen LogP contribution in [0.15, 0.2) is 42.5 Å². The van der Waals surface area contributed by atoms with Gasteiger partial charge in [0.25, 0.3) is 0 Å². The fraction of sp³-hybridized carbons (Fsp3) is 0.444. The molecule has 0 radical (unpaired) electrons. The van der Waals surface area contributed by atoms with E-state index in [0.29, 0.717) is 30.2 Å². The van der Waals surface area contributed by atoms with Gasteiger partial charge in [-0.15, -0.1) is 0 Å². The molecule has 3 N–H and O–H groups in total. The second kappa shape index (κ2) is 10.5. The van der Waals surface area contributed by atoms with Crippen LogP contribution < -0.4 is 4.74 Å². The lowest BCUT2D eigenvalue weighted by Gasteiger charge is -2.36. The second-order valence-electron chi connectivity index (χ2n) is 9.51. The quantitative estimate of drug-likeness (QED) is 0.401. The minimum atomic E-state index is -0.681. The number of carbonyl (C=O) groups is 1. The number of hydrogen-bond acceptors (Lipinski definition) is 5. The van der Waals surface area contributed by atoms with E-state index in [9.17, 15) is 15.0 Å². The van der Waals surface area contributed by atoms with Gasteiger partial charge in [0.2, 0.25) is 0 Å². The Morgan fingerprint density at radius 3 is 2.54 bits per heavy atom. The van der Waals surface area contributed by atoms with Crippen molar-refractivity contribution in [1.29, 1.82) is 0 Å². The van der Waals surface area contributed by atoms with Crippen molar-refractivity contribution in [2.24, 2.45) is 5.41 Å². The summed E-state index contributed by atoms with van der Waals surface area (Å²) < 4.78 is 11.5. The summed E-state index contributed by atoms with van der Waals surface area (Å²) in [5.41, 5.74) is 3.32. The molecule has 1 aliphatic rings. The highest BCUT2D eigenvalue weighted by atomic mass is 35.5. The minimum absolute atomic E-state index is 0.153. The summed E-state index contributed by atoms with van der Waals surface area (Å²) in [6.07, 6.45) is 0.715. The summed E-state index contributed by atoms with van der Waals surface area (Å²) in [6.45, 7) is 6.02. The number of nitrogens with one attached hydrogen (secondary N) is 1. The number of H-pyrrole nitrogens is 1. The van der Waals surface area contributed by atoms with E-state index in [-0.39, 0.29) is 38.1 Å². The van der Waals surface area contributed by atoms with Crippen LogP contribution in [-0.4, -0.2) is 58.7 Å². The topological polar surface area (TPSA) is 95.0 Å². The van der Waals surface area contributed by atoms with Crippen molar-refractivity contribution in [3.63, 3.8) is 0 Å². The van der Waals surface area contributed by atoms with Gasteiger partial charge in [0.15, 0.2) is 0 Å². The van der Waals surface area contributed by atoms with Crippen LogP contribution in [0.1, 0.15) is 50.1 Å². The van der Waals surface area contributed by atoms with Crippen molar-refractivity contribution in [1.82, 2.24) is 9.88 Å². The van der Waals surface area contributed by atoms with Crippen LogP contribution in [-0.2, 0) is 11.2 Å². The molecule has 1 aromatic heterocycles. The molecule has 1 amide bonds.